The smallest absolute Gasteiger partial charge is 0.337 e. The Labute approximate surface area is 225 Å². The molecule has 8 heteroatoms. The van der Waals surface area contributed by atoms with Crippen molar-refractivity contribution in [3.05, 3.63) is 69.4 Å². The summed E-state index contributed by atoms with van der Waals surface area (Å²) in [5.41, 5.74) is 5.73. The minimum absolute atomic E-state index is 0.0448. The number of aliphatic hydroxyl groups is 1. The van der Waals surface area contributed by atoms with Crippen LogP contribution < -0.4 is 0 Å². The fourth-order valence-electron chi connectivity index (χ4n) is 5.53. The Bertz CT molecular complexity index is 1470. The number of rotatable bonds is 7. The molecule has 0 atom stereocenters. The molecule has 6 rings (SSSR count). The summed E-state index contributed by atoms with van der Waals surface area (Å²) in [7, 11) is 1.37. The molecule has 0 unspecified atom stereocenters. The van der Waals surface area contributed by atoms with E-state index < -0.39 is 5.60 Å². The van der Waals surface area contributed by atoms with Crippen LogP contribution in [0.25, 0.3) is 21.5 Å². The molecule has 2 aromatic heterocycles. The van der Waals surface area contributed by atoms with E-state index >= 15 is 0 Å². The number of benzene rings is 2. The van der Waals surface area contributed by atoms with Crippen molar-refractivity contribution >= 4 is 27.5 Å². The molecule has 0 saturated heterocycles. The number of aromatic nitrogens is 2. The van der Waals surface area contributed by atoms with Gasteiger partial charge in [0.15, 0.2) is 0 Å². The highest BCUT2D eigenvalue weighted by molar-refractivity contribution is 7.18. The summed E-state index contributed by atoms with van der Waals surface area (Å²) < 4.78 is 18.0. The first-order valence-electron chi connectivity index (χ1n) is 13.2. The number of carbonyl (C=O) groups is 1. The van der Waals surface area contributed by atoms with Gasteiger partial charge in [-0.3, -0.25) is 0 Å². The van der Waals surface area contributed by atoms with Crippen LogP contribution in [0.3, 0.4) is 0 Å². The number of nitrogens with zero attached hydrogens (tertiary/aromatic N) is 2. The molecule has 38 heavy (non-hydrogen) atoms. The monoisotopic (exact) mass is 532 g/mol. The minimum atomic E-state index is -0.991. The topological polar surface area (TPSA) is 94.7 Å². The zero-order chi connectivity index (χ0) is 26.4. The molecular weight excluding hydrogens is 500 g/mol. The van der Waals surface area contributed by atoms with Gasteiger partial charge < -0.3 is 19.1 Å². The zero-order valence-corrected chi connectivity index (χ0v) is 22.8. The van der Waals surface area contributed by atoms with Crippen molar-refractivity contribution in [2.45, 2.75) is 76.6 Å². The molecule has 198 valence electrons. The maximum absolute atomic E-state index is 11.9. The lowest BCUT2D eigenvalue weighted by Crippen LogP contribution is -2.34. The molecular formula is C30H32N2O5S. The Balaban J connectivity index is 1.16. The summed E-state index contributed by atoms with van der Waals surface area (Å²) in [5.74, 6) is 1.03. The lowest BCUT2D eigenvalue weighted by atomic mass is 9.83. The van der Waals surface area contributed by atoms with E-state index in [1.165, 1.54) is 29.6 Å². The number of hydrogen-bond donors (Lipinski definition) is 1. The summed E-state index contributed by atoms with van der Waals surface area (Å²) in [6.07, 6.45) is 4.94. The van der Waals surface area contributed by atoms with Gasteiger partial charge in [0.1, 0.15) is 22.1 Å². The first-order chi connectivity index (χ1) is 18.4. The standard InChI is InChI=1S/C30H32N2O5S/c1-17-5-4-6-18(2)25(17)26-22(27(37-32-26)19-7-8-19)16-36-21-11-13-30(34,14-12-21)29-31-23-10-9-20(28(33)35-3)15-24(23)38-29/h4-6,9-10,15,19,21,34H,7-8,11-14,16H2,1-3H3. The van der Waals surface area contributed by atoms with Gasteiger partial charge in [-0.05, 0) is 81.7 Å². The van der Waals surface area contributed by atoms with Crippen LogP contribution in [0.15, 0.2) is 40.9 Å². The molecule has 0 amide bonds. The normalized spacial score (nSPS) is 21.6. The maximum Gasteiger partial charge on any atom is 0.337 e. The molecule has 2 saturated carbocycles. The second kappa shape index (κ2) is 9.91. The lowest BCUT2D eigenvalue weighted by Gasteiger charge is -2.34. The number of fused-ring (bicyclic) bond motifs is 1. The zero-order valence-electron chi connectivity index (χ0n) is 22.0. The van der Waals surface area contributed by atoms with Gasteiger partial charge in [-0.25, -0.2) is 9.78 Å². The Hall–Kier alpha value is -3.07. The molecule has 2 heterocycles. The van der Waals surface area contributed by atoms with Gasteiger partial charge in [0.25, 0.3) is 0 Å². The quantitative estimate of drug-likeness (QED) is 0.269. The van der Waals surface area contributed by atoms with E-state index in [9.17, 15) is 9.90 Å². The van der Waals surface area contributed by atoms with Crippen LogP contribution in [0.5, 0.6) is 0 Å². The van der Waals surface area contributed by atoms with E-state index in [-0.39, 0.29) is 12.1 Å². The van der Waals surface area contributed by atoms with Gasteiger partial charge in [-0.2, -0.15) is 0 Å². The van der Waals surface area contributed by atoms with Gasteiger partial charge in [-0.1, -0.05) is 23.4 Å². The number of thiazole rings is 1. The van der Waals surface area contributed by atoms with Crippen LogP contribution in [-0.4, -0.2) is 34.4 Å². The number of carbonyl (C=O) groups excluding carboxylic acids is 1. The highest BCUT2D eigenvalue weighted by atomic mass is 32.1. The van der Waals surface area contributed by atoms with Crippen molar-refractivity contribution in [1.82, 2.24) is 10.1 Å². The van der Waals surface area contributed by atoms with Crippen molar-refractivity contribution in [2.75, 3.05) is 7.11 Å². The molecule has 2 aliphatic rings. The van der Waals surface area contributed by atoms with Crippen LogP contribution >= 0.6 is 11.3 Å². The van der Waals surface area contributed by atoms with Crippen molar-refractivity contribution < 1.29 is 23.9 Å². The van der Waals surface area contributed by atoms with Crippen LogP contribution in [-0.2, 0) is 21.7 Å². The van der Waals surface area contributed by atoms with Gasteiger partial charge in [0.2, 0.25) is 0 Å². The average Bonchev–Trinajstić information content (AvgIpc) is 3.53. The van der Waals surface area contributed by atoms with Crippen molar-refractivity contribution in [2.24, 2.45) is 0 Å². The molecule has 0 aliphatic heterocycles. The van der Waals surface area contributed by atoms with Crippen molar-refractivity contribution in [3.63, 3.8) is 0 Å². The second-order valence-corrected chi connectivity index (χ2v) is 11.7. The molecule has 0 bridgehead atoms. The number of aryl methyl sites for hydroxylation is 2. The fourth-order valence-corrected chi connectivity index (χ4v) is 6.68. The van der Waals surface area contributed by atoms with Crippen LogP contribution in [0.2, 0.25) is 0 Å². The molecule has 4 aromatic rings. The Morgan fingerprint density at radius 2 is 1.87 bits per heavy atom. The first kappa shape index (κ1) is 25.2. The van der Waals surface area contributed by atoms with Crippen LogP contribution in [0.4, 0.5) is 0 Å². The van der Waals surface area contributed by atoms with E-state index in [1.807, 2.05) is 6.07 Å². The molecule has 2 aliphatic carbocycles. The third-order valence-corrected chi connectivity index (χ3v) is 9.13. The highest BCUT2D eigenvalue weighted by Gasteiger charge is 2.39. The summed E-state index contributed by atoms with van der Waals surface area (Å²) in [6.45, 7) is 4.68. The number of esters is 1. The predicted octanol–water partition coefficient (Wildman–Crippen LogP) is 6.58. The molecule has 2 aromatic carbocycles. The third kappa shape index (κ3) is 4.65. The summed E-state index contributed by atoms with van der Waals surface area (Å²) in [4.78, 5) is 16.6. The lowest BCUT2D eigenvalue weighted by molar-refractivity contribution is -0.0640. The Morgan fingerprint density at radius 3 is 2.55 bits per heavy atom. The molecule has 2 fully saturated rings. The maximum atomic E-state index is 11.9. The molecule has 0 spiro atoms. The van der Waals surface area contributed by atoms with Crippen molar-refractivity contribution in [3.8, 4) is 11.3 Å². The van der Waals surface area contributed by atoms with E-state index in [1.54, 1.807) is 12.1 Å². The first-order valence-corrected chi connectivity index (χ1v) is 14.1. The fraction of sp³-hybridized carbons (Fsp3) is 0.433. The minimum Gasteiger partial charge on any atom is -0.465 e. The van der Waals surface area contributed by atoms with Gasteiger partial charge >= 0.3 is 5.97 Å². The van der Waals surface area contributed by atoms with Gasteiger partial charge in [0.05, 0.1) is 35.6 Å². The largest absolute Gasteiger partial charge is 0.465 e. The highest BCUT2D eigenvalue weighted by Crippen LogP contribution is 2.46. The predicted molar refractivity (Wildman–Crippen MR) is 145 cm³/mol. The van der Waals surface area contributed by atoms with Gasteiger partial charge in [0, 0.05) is 17.0 Å². The van der Waals surface area contributed by atoms with Crippen LogP contribution in [0, 0.1) is 13.8 Å². The molecule has 7 nitrogen and oxygen atoms in total. The van der Waals surface area contributed by atoms with Gasteiger partial charge in [-0.15, -0.1) is 11.3 Å². The molecule has 0 radical (unpaired) electrons. The summed E-state index contributed by atoms with van der Waals surface area (Å²) in [5, 5.41) is 16.7. The number of ether oxygens (including phenoxy) is 2. The summed E-state index contributed by atoms with van der Waals surface area (Å²) in [6, 6.07) is 11.6. The SMILES string of the molecule is COC(=O)c1ccc2nc(C3(O)CCC(OCc4c(-c5c(C)cccc5C)noc4C4CC4)CC3)sc2c1. The average molecular weight is 533 g/mol. The second-order valence-electron chi connectivity index (χ2n) is 10.7. The number of methoxy groups -OCH3 is 1. The Morgan fingerprint density at radius 1 is 1.13 bits per heavy atom. The van der Waals surface area contributed by atoms with E-state index in [0.717, 1.165) is 58.5 Å². The van der Waals surface area contributed by atoms with Crippen LogP contribution in [0.1, 0.15) is 82.3 Å². The van der Waals surface area contributed by atoms with Crippen molar-refractivity contribution in [1.29, 1.82) is 0 Å². The third-order valence-electron chi connectivity index (χ3n) is 7.92. The Kier molecular flexibility index (Phi) is 6.58. The van der Waals surface area contributed by atoms with E-state index in [2.05, 4.69) is 37.2 Å². The van der Waals surface area contributed by atoms with E-state index in [0.29, 0.717) is 35.9 Å². The molecule has 1 N–H and O–H groups in total. The number of hydrogen-bond acceptors (Lipinski definition) is 8. The van der Waals surface area contributed by atoms with E-state index in [4.69, 9.17) is 19.0 Å². The summed E-state index contributed by atoms with van der Waals surface area (Å²) >= 11 is 1.44.